The molecule has 2 heterocycles. The third-order valence-electron chi connectivity index (χ3n) is 5.66. The molecule has 0 saturated carbocycles. The van der Waals surface area contributed by atoms with E-state index in [1.807, 2.05) is 61.2 Å². The van der Waals surface area contributed by atoms with E-state index < -0.39 is 0 Å². The Morgan fingerprint density at radius 3 is 2.39 bits per heavy atom. The van der Waals surface area contributed by atoms with Gasteiger partial charge in [-0.3, -0.25) is 0 Å². The van der Waals surface area contributed by atoms with E-state index in [9.17, 15) is 0 Å². The number of hydrogen-bond acceptors (Lipinski definition) is 7. The molecule has 0 spiro atoms. The van der Waals surface area contributed by atoms with Gasteiger partial charge in [-0.25, -0.2) is 0 Å². The summed E-state index contributed by atoms with van der Waals surface area (Å²) in [6.45, 7) is 4.78. The molecule has 172 valence electrons. The lowest BCUT2D eigenvalue weighted by Crippen LogP contribution is -2.45. The minimum Gasteiger partial charge on any atom is -0.497 e. The number of methoxy groups -OCH3 is 3. The molecule has 1 aliphatic rings. The fourth-order valence-electron chi connectivity index (χ4n) is 3.91. The third-order valence-corrected chi connectivity index (χ3v) is 6.00. The van der Waals surface area contributed by atoms with Crippen LogP contribution in [0.25, 0.3) is 17.0 Å². The Morgan fingerprint density at radius 1 is 1.03 bits per heavy atom. The van der Waals surface area contributed by atoms with Gasteiger partial charge >= 0.3 is 0 Å². The molecule has 0 fully saturated rings. The molecule has 2 aromatic carbocycles. The molecule has 0 radical (unpaired) electrons. The minimum atomic E-state index is -0.245. The summed E-state index contributed by atoms with van der Waals surface area (Å²) in [5, 5.41) is 8.32. The van der Waals surface area contributed by atoms with Crippen molar-refractivity contribution in [1.82, 2.24) is 20.4 Å². The van der Waals surface area contributed by atoms with Crippen molar-refractivity contribution in [2.24, 2.45) is 0 Å². The second kappa shape index (κ2) is 9.50. The molecule has 0 saturated heterocycles. The predicted molar refractivity (Wildman–Crippen MR) is 129 cm³/mol. The summed E-state index contributed by atoms with van der Waals surface area (Å²) in [4.78, 5) is 6.74. The Balaban J connectivity index is 1.78. The topological polar surface area (TPSA) is 81.9 Å². The van der Waals surface area contributed by atoms with Gasteiger partial charge in [0.15, 0.2) is 16.6 Å². The summed E-state index contributed by atoms with van der Waals surface area (Å²) in [5.74, 6) is 2.88. The molecule has 0 bridgehead atoms. The molecule has 8 nitrogen and oxygen atoms in total. The number of hydrogen-bond donors (Lipinski definition) is 1. The molecule has 1 aliphatic heterocycles. The SMILES string of the molecule is CCN1C(=S)NC(c2ccc(OC)cc2)C(c2nc(-c3ccc(OC)c(OC)c3)no2)=C1C. The standard InChI is InChI=1S/C24H26N4O4S/c1-6-28-14(2)20(21(25-24(28)33)15-7-10-17(29-3)11-8-15)23-26-22(27-32-23)16-9-12-18(30-4)19(13-16)31-5/h7-13,21H,6H2,1-5H3,(H,25,33). The summed E-state index contributed by atoms with van der Waals surface area (Å²) < 4.78 is 21.8. The Bertz CT molecular complexity index is 1190. The van der Waals surface area contributed by atoms with E-state index in [2.05, 4.69) is 10.5 Å². The van der Waals surface area contributed by atoms with E-state index in [0.29, 0.717) is 34.9 Å². The fourth-order valence-corrected chi connectivity index (χ4v) is 4.29. The maximum absolute atomic E-state index is 5.76. The largest absolute Gasteiger partial charge is 0.497 e. The molecule has 4 rings (SSSR count). The molecule has 9 heteroatoms. The van der Waals surface area contributed by atoms with Crippen LogP contribution in [0.1, 0.15) is 31.3 Å². The van der Waals surface area contributed by atoms with Crippen LogP contribution in [0.4, 0.5) is 0 Å². The smallest absolute Gasteiger partial charge is 0.258 e. The van der Waals surface area contributed by atoms with Crippen LogP contribution in [0.2, 0.25) is 0 Å². The lowest BCUT2D eigenvalue weighted by atomic mass is 9.94. The first-order valence-electron chi connectivity index (χ1n) is 10.5. The lowest BCUT2D eigenvalue weighted by Gasteiger charge is -2.36. The van der Waals surface area contributed by atoms with Crippen molar-refractivity contribution in [1.29, 1.82) is 0 Å². The highest BCUT2D eigenvalue weighted by Gasteiger charge is 2.33. The molecule has 33 heavy (non-hydrogen) atoms. The minimum absolute atomic E-state index is 0.245. The first kappa shape index (κ1) is 22.6. The van der Waals surface area contributed by atoms with E-state index in [1.54, 1.807) is 21.3 Å². The zero-order chi connectivity index (χ0) is 23.5. The zero-order valence-corrected chi connectivity index (χ0v) is 20.0. The molecule has 0 amide bonds. The van der Waals surface area contributed by atoms with E-state index in [1.165, 1.54) is 0 Å². The van der Waals surface area contributed by atoms with Crippen molar-refractivity contribution < 1.29 is 18.7 Å². The molecule has 1 unspecified atom stereocenters. The van der Waals surface area contributed by atoms with Crippen LogP contribution in [0.5, 0.6) is 17.2 Å². The summed E-state index contributed by atoms with van der Waals surface area (Å²) in [7, 11) is 4.83. The molecular weight excluding hydrogens is 440 g/mol. The van der Waals surface area contributed by atoms with Crippen LogP contribution >= 0.6 is 12.2 Å². The Kier molecular flexibility index (Phi) is 6.50. The number of rotatable bonds is 7. The molecule has 3 aromatic rings. The Hall–Kier alpha value is -3.59. The van der Waals surface area contributed by atoms with Gasteiger partial charge < -0.3 is 29.0 Å². The molecule has 1 aromatic heterocycles. The summed E-state index contributed by atoms with van der Waals surface area (Å²) in [5.41, 5.74) is 3.60. The average Bonchev–Trinajstić information content (AvgIpc) is 3.33. The quantitative estimate of drug-likeness (QED) is 0.508. The first-order chi connectivity index (χ1) is 16.0. The normalized spacial score (nSPS) is 16.0. The van der Waals surface area contributed by atoms with Gasteiger partial charge in [-0.2, -0.15) is 4.98 Å². The van der Waals surface area contributed by atoms with Crippen LogP contribution in [0, 0.1) is 0 Å². The average molecular weight is 467 g/mol. The van der Waals surface area contributed by atoms with Crippen molar-refractivity contribution in [3.8, 4) is 28.6 Å². The van der Waals surface area contributed by atoms with Crippen LogP contribution < -0.4 is 19.5 Å². The highest BCUT2D eigenvalue weighted by Crippen LogP contribution is 2.38. The lowest BCUT2D eigenvalue weighted by molar-refractivity contribution is 0.355. The number of ether oxygens (including phenoxy) is 3. The first-order valence-corrected chi connectivity index (χ1v) is 10.9. The van der Waals surface area contributed by atoms with Crippen LogP contribution in [0.15, 0.2) is 52.7 Å². The fraction of sp³-hybridized carbons (Fsp3) is 0.292. The van der Waals surface area contributed by atoms with E-state index in [4.69, 9.17) is 35.9 Å². The number of benzene rings is 2. The van der Waals surface area contributed by atoms with E-state index >= 15 is 0 Å². The van der Waals surface area contributed by atoms with Gasteiger partial charge in [-0.15, -0.1) is 0 Å². The summed E-state index contributed by atoms with van der Waals surface area (Å²) in [6.07, 6.45) is 0. The van der Waals surface area contributed by atoms with Gasteiger partial charge in [-0.05, 0) is 62.0 Å². The van der Waals surface area contributed by atoms with E-state index in [0.717, 1.165) is 28.1 Å². The number of nitrogens with one attached hydrogen (secondary N) is 1. The molecule has 1 atom stereocenters. The van der Waals surface area contributed by atoms with Gasteiger partial charge in [0.05, 0.1) is 32.9 Å². The number of allylic oxidation sites excluding steroid dienone is 1. The van der Waals surface area contributed by atoms with Crippen LogP contribution in [0.3, 0.4) is 0 Å². The second-order valence-corrected chi connectivity index (χ2v) is 7.78. The van der Waals surface area contributed by atoms with E-state index in [-0.39, 0.29) is 6.04 Å². The maximum atomic E-state index is 5.76. The highest BCUT2D eigenvalue weighted by atomic mass is 32.1. The van der Waals surface area contributed by atoms with Gasteiger partial charge in [0.1, 0.15) is 5.75 Å². The summed E-state index contributed by atoms with van der Waals surface area (Å²) >= 11 is 5.63. The molecular formula is C24H26N4O4S. The number of thiocarbonyl (C=S) groups is 1. The van der Waals surface area contributed by atoms with Gasteiger partial charge in [0.2, 0.25) is 5.82 Å². The highest BCUT2D eigenvalue weighted by molar-refractivity contribution is 7.80. The molecule has 0 aliphatic carbocycles. The maximum Gasteiger partial charge on any atom is 0.258 e. The zero-order valence-electron chi connectivity index (χ0n) is 19.2. The predicted octanol–water partition coefficient (Wildman–Crippen LogP) is 4.44. The van der Waals surface area contributed by atoms with Crippen LogP contribution in [-0.4, -0.2) is 48.0 Å². The van der Waals surface area contributed by atoms with Crippen LogP contribution in [-0.2, 0) is 0 Å². The number of aromatic nitrogens is 2. The van der Waals surface area contributed by atoms with Crippen molar-refractivity contribution in [2.45, 2.75) is 19.9 Å². The summed E-state index contributed by atoms with van der Waals surface area (Å²) in [6, 6.07) is 13.1. The monoisotopic (exact) mass is 466 g/mol. The second-order valence-electron chi connectivity index (χ2n) is 7.39. The van der Waals surface area contributed by atoms with Gasteiger partial charge in [0, 0.05) is 17.8 Å². The third kappa shape index (κ3) is 4.23. The van der Waals surface area contributed by atoms with Crippen molar-refractivity contribution in [3.63, 3.8) is 0 Å². The Labute approximate surface area is 198 Å². The number of nitrogens with zero attached hydrogens (tertiary/aromatic N) is 3. The molecule has 1 N–H and O–H groups in total. The van der Waals surface area contributed by atoms with Crippen molar-refractivity contribution in [3.05, 3.63) is 59.6 Å². The van der Waals surface area contributed by atoms with Gasteiger partial charge in [0.25, 0.3) is 5.89 Å². The van der Waals surface area contributed by atoms with Crippen molar-refractivity contribution in [2.75, 3.05) is 27.9 Å². The van der Waals surface area contributed by atoms with Gasteiger partial charge in [-0.1, -0.05) is 17.3 Å². The Morgan fingerprint density at radius 2 is 1.76 bits per heavy atom. The van der Waals surface area contributed by atoms with Crippen molar-refractivity contribution >= 4 is 22.9 Å².